The Morgan fingerprint density at radius 2 is 2.11 bits per heavy atom. The first-order valence-electron chi connectivity index (χ1n) is 6.28. The van der Waals surface area contributed by atoms with Crippen LogP contribution < -0.4 is 5.32 Å². The van der Waals surface area contributed by atoms with E-state index in [0.29, 0.717) is 31.6 Å². The molecule has 3 N–H and O–H groups in total. The predicted molar refractivity (Wildman–Crippen MR) is 68.0 cm³/mol. The topological polar surface area (TPSA) is 91.4 Å². The number of hydrogen-bond donors (Lipinski definition) is 3. The van der Waals surface area contributed by atoms with Crippen molar-refractivity contribution in [3.63, 3.8) is 0 Å². The molecule has 0 saturated carbocycles. The number of carboxylic acid groups (broad SMARTS) is 1. The molecule has 2 rings (SSSR count). The molecular formula is C13H18N2O4. The third-order valence-electron chi connectivity index (χ3n) is 3.52. The molecular weight excluding hydrogens is 248 g/mol. The number of ether oxygens (including phenoxy) is 1. The van der Waals surface area contributed by atoms with Crippen molar-refractivity contribution in [2.75, 3.05) is 13.2 Å². The highest BCUT2D eigenvalue weighted by molar-refractivity contribution is 5.96. The van der Waals surface area contributed by atoms with Crippen molar-refractivity contribution in [3.05, 3.63) is 23.5 Å². The average Bonchev–Trinajstić information content (AvgIpc) is 2.75. The molecule has 1 fully saturated rings. The number of nitrogens with one attached hydrogen (secondary N) is 2. The molecule has 104 valence electrons. The van der Waals surface area contributed by atoms with Gasteiger partial charge in [0.15, 0.2) is 0 Å². The zero-order chi connectivity index (χ0) is 13.9. The molecule has 1 aromatic rings. The molecule has 6 heteroatoms. The van der Waals surface area contributed by atoms with Crippen molar-refractivity contribution in [1.29, 1.82) is 0 Å². The number of rotatable bonds is 4. The van der Waals surface area contributed by atoms with E-state index in [1.54, 1.807) is 12.4 Å². The minimum Gasteiger partial charge on any atom is -0.481 e. The third-order valence-corrected chi connectivity index (χ3v) is 3.52. The van der Waals surface area contributed by atoms with Crippen LogP contribution in [0.1, 0.15) is 35.2 Å². The fraction of sp³-hybridized carbons (Fsp3) is 0.538. The Kier molecular flexibility index (Phi) is 3.90. The second-order valence-electron chi connectivity index (χ2n) is 4.97. The van der Waals surface area contributed by atoms with Gasteiger partial charge in [-0.15, -0.1) is 0 Å². The number of hydrogen-bond acceptors (Lipinski definition) is 3. The highest BCUT2D eigenvalue weighted by Crippen LogP contribution is 2.25. The molecule has 19 heavy (non-hydrogen) atoms. The van der Waals surface area contributed by atoms with Crippen molar-refractivity contribution >= 4 is 11.9 Å². The van der Waals surface area contributed by atoms with Crippen LogP contribution in [0.5, 0.6) is 0 Å². The molecule has 1 saturated heterocycles. The quantitative estimate of drug-likeness (QED) is 0.760. The van der Waals surface area contributed by atoms with Crippen LogP contribution in [0.2, 0.25) is 0 Å². The Balaban J connectivity index is 2.14. The summed E-state index contributed by atoms with van der Waals surface area (Å²) in [7, 11) is 0. The first kappa shape index (κ1) is 13.6. The van der Waals surface area contributed by atoms with Crippen molar-refractivity contribution in [3.8, 4) is 0 Å². The van der Waals surface area contributed by atoms with E-state index in [1.807, 2.05) is 6.92 Å². The molecule has 0 spiro atoms. The Bertz CT molecular complexity index is 475. The number of H-pyrrole nitrogens is 1. The zero-order valence-corrected chi connectivity index (χ0v) is 10.9. The molecule has 1 aliphatic heterocycles. The van der Waals surface area contributed by atoms with E-state index in [1.165, 1.54) is 0 Å². The summed E-state index contributed by atoms with van der Waals surface area (Å²) < 4.78 is 5.25. The van der Waals surface area contributed by atoms with Crippen molar-refractivity contribution < 1.29 is 19.4 Å². The summed E-state index contributed by atoms with van der Waals surface area (Å²) in [5, 5.41) is 11.9. The van der Waals surface area contributed by atoms with Gasteiger partial charge in [-0.3, -0.25) is 9.59 Å². The summed E-state index contributed by atoms with van der Waals surface area (Å²) in [4.78, 5) is 26.1. The summed E-state index contributed by atoms with van der Waals surface area (Å²) >= 11 is 0. The van der Waals surface area contributed by atoms with Crippen LogP contribution in [0, 0.1) is 6.92 Å². The minimum absolute atomic E-state index is 0.0778. The summed E-state index contributed by atoms with van der Waals surface area (Å²) in [6.07, 6.45) is 4.33. The predicted octanol–water partition coefficient (Wildman–Crippen LogP) is 1.08. The lowest BCUT2D eigenvalue weighted by Crippen LogP contribution is -2.53. The number of aryl methyl sites for hydroxylation is 1. The zero-order valence-electron chi connectivity index (χ0n) is 10.9. The molecule has 2 heterocycles. The number of carbonyl (C=O) groups is 2. The maximum absolute atomic E-state index is 12.2. The van der Waals surface area contributed by atoms with E-state index in [2.05, 4.69) is 10.3 Å². The fourth-order valence-corrected chi connectivity index (χ4v) is 2.39. The fourth-order valence-electron chi connectivity index (χ4n) is 2.39. The molecule has 0 radical (unpaired) electrons. The van der Waals surface area contributed by atoms with Gasteiger partial charge in [0.1, 0.15) is 0 Å². The van der Waals surface area contributed by atoms with E-state index < -0.39 is 11.5 Å². The lowest BCUT2D eigenvalue weighted by molar-refractivity contribution is -0.139. The number of carbonyl (C=O) groups excluding carboxylic acids is 1. The SMILES string of the molecule is Cc1c[nH]cc1C(=O)NC1(CC(=O)O)CCOCC1. The summed E-state index contributed by atoms with van der Waals surface area (Å²) in [5.74, 6) is -1.14. The van der Waals surface area contributed by atoms with Gasteiger partial charge < -0.3 is 20.1 Å². The lowest BCUT2D eigenvalue weighted by Gasteiger charge is -2.36. The molecule has 0 bridgehead atoms. The normalized spacial score (nSPS) is 17.9. The van der Waals surface area contributed by atoms with Gasteiger partial charge in [0.25, 0.3) is 5.91 Å². The van der Waals surface area contributed by atoms with Gasteiger partial charge in [-0.1, -0.05) is 0 Å². The van der Waals surface area contributed by atoms with Gasteiger partial charge in [0.05, 0.1) is 17.5 Å². The average molecular weight is 266 g/mol. The highest BCUT2D eigenvalue weighted by atomic mass is 16.5. The first-order chi connectivity index (χ1) is 9.02. The van der Waals surface area contributed by atoms with Crippen molar-refractivity contribution in [1.82, 2.24) is 10.3 Å². The lowest BCUT2D eigenvalue weighted by atomic mass is 9.86. The molecule has 0 aromatic carbocycles. The van der Waals surface area contributed by atoms with E-state index in [-0.39, 0.29) is 12.3 Å². The number of carboxylic acids is 1. The minimum atomic E-state index is -0.909. The van der Waals surface area contributed by atoms with Crippen molar-refractivity contribution in [2.45, 2.75) is 31.7 Å². The molecule has 0 unspecified atom stereocenters. The van der Waals surface area contributed by atoms with Gasteiger partial charge >= 0.3 is 5.97 Å². The van der Waals surface area contributed by atoms with Crippen LogP contribution in [0.25, 0.3) is 0 Å². The Morgan fingerprint density at radius 1 is 1.42 bits per heavy atom. The number of aromatic nitrogens is 1. The van der Waals surface area contributed by atoms with E-state index in [0.717, 1.165) is 5.56 Å². The largest absolute Gasteiger partial charge is 0.481 e. The van der Waals surface area contributed by atoms with Gasteiger partial charge in [-0.05, 0) is 25.3 Å². The van der Waals surface area contributed by atoms with Crippen LogP contribution in [0.15, 0.2) is 12.4 Å². The summed E-state index contributed by atoms with van der Waals surface area (Å²) in [6.45, 7) is 2.78. The molecule has 0 atom stereocenters. The van der Waals surface area contributed by atoms with E-state index in [4.69, 9.17) is 9.84 Å². The summed E-state index contributed by atoms with van der Waals surface area (Å²) in [6, 6.07) is 0. The van der Waals surface area contributed by atoms with E-state index in [9.17, 15) is 9.59 Å². The number of aliphatic carboxylic acids is 1. The maximum atomic E-state index is 12.2. The van der Waals surface area contributed by atoms with Crippen LogP contribution in [0.4, 0.5) is 0 Å². The number of amides is 1. The van der Waals surface area contributed by atoms with Crippen LogP contribution in [0.3, 0.4) is 0 Å². The van der Waals surface area contributed by atoms with Crippen LogP contribution >= 0.6 is 0 Å². The summed E-state index contributed by atoms with van der Waals surface area (Å²) in [5.41, 5.74) is 0.691. The Hall–Kier alpha value is -1.82. The van der Waals surface area contributed by atoms with Crippen LogP contribution in [-0.4, -0.2) is 40.7 Å². The van der Waals surface area contributed by atoms with Gasteiger partial charge in [-0.2, -0.15) is 0 Å². The van der Waals surface area contributed by atoms with Crippen molar-refractivity contribution in [2.24, 2.45) is 0 Å². The standard InChI is InChI=1S/C13H18N2O4/c1-9-7-14-8-10(9)12(18)15-13(6-11(16)17)2-4-19-5-3-13/h7-8,14H,2-6H2,1H3,(H,15,18)(H,16,17). The van der Waals surface area contributed by atoms with Crippen LogP contribution in [-0.2, 0) is 9.53 Å². The Labute approximate surface area is 111 Å². The van der Waals surface area contributed by atoms with Gasteiger partial charge in [0.2, 0.25) is 0 Å². The Morgan fingerprint density at radius 3 is 2.63 bits per heavy atom. The van der Waals surface area contributed by atoms with E-state index >= 15 is 0 Å². The molecule has 1 amide bonds. The monoisotopic (exact) mass is 266 g/mol. The first-order valence-corrected chi connectivity index (χ1v) is 6.28. The third kappa shape index (κ3) is 3.14. The molecule has 1 aromatic heterocycles. The van der Waals surface area contributed by atoms with Gasteiger partial charge in [-0.25, -0.2) is 0 Å². The number of aromatic amines is 1. The molecule has 1 aliphatic rings. The molecule has 6 nitrogen and oxygen atoms in total. The van der Waals surface area contributed by atoms with Gasteiger partial charge in [0, 0.05) is 25.6 Å². The maximum Gasteiger partial charge on any atom is 0.305 e. The second-order valence-corrected chi connectivity index (χ2v) is 4.97. The highest BCUT2D eigenvalue weighted by Gasteiger charge is 2.36. The molecule has 0 aliphatic carbocycles. The smallest absolute Gasteiger partial charge is 0.305 e. The second kappa shape index (κ2) is 5.44.